The number of esters is 1. The first-order valence-electron chi connectivity index (χ1n) is 18.5. The summed E-state index contributed by atoms with van der Waals surface area (Å²) in [4.78, 5) is 27.5. The molecule has 6 atom stereocenters. The van der Waals surface area contributed by atoms with Crippen molar-refractivity contribution in [1.29, 1.82) is 0 Å². The number of nitrogens with two attached hydrogens (primary N) is 2. The number of allylic oxidation sites excluding steroid dienone is 5. The van der Waals surface area contributed by atoms with Crippen molar-refractivity contribution < 1.29 is 39.1 Å². The molecule has 3 aromatic rings. The number of aliphatic hydroxyl groups excluding tert-OH is 2. The second kappa shape index (κ2) is 15.0. The lowest BCUT2D eigenvalue weighted by atomic mass is 9.63. The predicted octanol–water partition coefficient (Wildman–Crippen LogP) is 3.35. The number of phenolic OH excluding ortho intramolecular Hbond substituents is 2. The Morgan fingerprint density at radius 2 is 2.02 bits per heavy atom. The molecule has 13 nitrogen and oxygen atoms in total. The van der Waals surface area contributed by atoms with Crippen LogP contribution in [0.4, 0.5) is 0 Å². The molecule has 0 saturated carbocycles. The molecule has 5 heterocycles. The number of benzene rings is 2. The molecule has 292 valence electrons. The third-order valence-electron chi connectivity index (χ3n) is 11.4. The highest BCUT2D eigenvalue weighted by Crippen LogP contribution is 2.57. The Kier molecular flexibility index (Phi) is 10.2. The van der Waals surface area contributed by atoms with E-state index in [1.807, 2.05) is 31.4 Å². The zero-order valence-electron chi connectivity index (χ0n) is 31.4. The fourth-order valence-corrected chi connectivity index (χ4v) is 8.19. The minimum atomic E-state index is -1.56. The maximum Gasteiger partial charge on any atom is 0.333 e. The van der Waals surface area contributed by atoms with E-state index in [1.54, 1.807) is 38.1 Å². The van der Waals surface area contributed by atoms with Crippen molar-refractivity contribution in [2.45, 2.75) is 75.8 Å². The molecular formula is C43H46N4O9. The molecule has 6 unspecified atom stereocenters. The summed E-state index contributed by atoms with van der Waals surface area (Å²) in [7, 11) is 0. The van der Waals surface area contributed by atoms with Crippen molar-refractivity contribution in [3.63, 3.8) is 0 Å². The molecule has 7 rings (SSSR count). The first kappa shape index (κ1) is 38.3. The number of aromatic hydroxyl groups is 2. The minimum Gasteiger partial charge on any atom is -0.508 e. The number of hydrogen-bond donors (Lipinski definition) is 8. The van der Waals surface area contributed by atoms with E-state index in [-0.39, 0.29) is 58.4 Å². The van der Waals surface area contributed by atoms with Crippen molar-refractivity contribution in [3.8, 4) is 29.1 Å². The van der Waals surface area contributed by atoms with Gasteiger partial charge in [-0.3, -0.25) is 4.79 Å². The summed E-state index contributed by atoms with van der Waals surface area (Å²) in [6.07, 6.45) is 9.89. The average Bonchev–Trinajstić information content (AvgIpc) is 3.18. The maximum absolute atomic E-state index is 14.0. The van der Waals surface area contributed by atoms with Gasteiger partial charge in [0, 0.05) is 60.2 Å². The SMILES string of the molecule is CC=C(C)C(=O)OC1Cc2c3c(c4oc(CO)cc(=O)c4c2O)C(C2=CCNC(N)=C2)C(CO)(c2cccc(O)c2)C#CCC(CC2=CNC(N)C=C2)C1(C)O3. The molecule has 4 aliphatic heterocycles. The van der Waals surface area contributed by atoms with Gasteiger partial charge in [0.2, 0.25) is 0 Å². The molecule has 0 spiro atoms. The summed E-state index contributed by atoms with van der Waals surface area (Å²) in [5, 5.41) is 51.1. The van der Waals surface area contributed by atoms with E-state index in [1.165, 1.54) is 12.1 Å². The lowest BCUT2D eigenvalue weighted by Crippen LogP contribution is -2.57. The monoisotopic (exact) mass is 762 g/mol. The minimum absolute atomic E-state index is 0.0708. The summed E-state index contributed by atoms with van der Waals surface area (Å²) >= 11 is 0. The number of fused-ring (bicyclic) bond motifs is 3. The van der Waals surface area contributed by atoms with E-state index in [2.05, 4.69) is 22.5 Å². The molecule has 13 heteroatoms. The number of rotatable bonds is 8. The van der Waals surface area contributed by atoms with Gasteiger partial charge in [-0.15, -0.1) is 5.92 Å². The van der Waals surface area contributed by atoms with Gasteiger partial charge in [-0.25, -0.2) is 4.79 Å². The Hall–Kier alpha value is -5.94. The molecule has 0 aliphatic carbocycles. The van der Waals surface area contributed by atoms with Gasteiger partial charge in [0.25, 0.3) is 0 Å². The largest absolute Gasteiger partial charge is 0.508 e. The normalized spacial score (nSPS) is 27.0. The van der Waals surface area contributed by atoms with Gasteiger partial charge < -0.3 is 56.4 Å². The van der Waals surface area contributed by atoms with E-state index in [4.69, 9.17) is 25.4 Å². The Labute approximate surface area is 323 Å². The van der Waals surface area contributed by atoms with E-state index in [0.29, 0.717) is 35.5 Å². The Morgan fingerprint density at radius 3 is 2.70 bits per heavy atom. The molecule has 0 saturated heterocycles. The maximum atomic E-state index is 14.0. The quantitative estimate of drug-likeness (QED) is 0.0939. The zero-order valence-corrected chi connectivity index (χ0v) is 31.4. The van der Waals surface area contributed by atoms with Gasteiger partial charge in [-0.1, -0.05) is 36.3 Å². The lowest BCUT2D eigenvalue weighted by Gasteiger charge is -2.48. The third-order valence-corrected chi connectivity index (χ3v) is 11.4. The van der Waals surface area contributed by atoms with Crippen molar-refractivity contribution in [2.75, 3.05) is 13.2 Å². The van der Waals surface area contributed by atoms with E-state index >= 15 is 0 Å². The van der Waals surface area contributed by atoms with Crippen LogP contribution in [0.3, 0.4) is 0 Å². The van der Waals surface area contributed by atoms with Crippen LogP contribution in [-0.2, 0) is 28.0 Å². The van der Waals surface area contributed by atoms with Crippen molar-refractivity contribution in [1.82, 2.24) is 10.6 Å². The van der Waals surface area contributed by atoms with E-state index < -0.39 is 59.3 Å². The third kappa shape index (κ3) is 6.59. The highest BCUT2D eigenvalue weighted by molar-refractivity contribution is 5.92. The summed E-state index contributed by atoms with van der Waals surface area (Å²) in [5.74, 6) is 4.61. The first-order valence-corrected chi connectivity index (χ1v) is 18.5. The molecule has 56 heavy (non-hydrogen) atoms. The number of carbonyl (C=O) groups is 1. The van der Waals surface area contributed by atoms with Crippen LogP contribution in [0.25, 0.3) is 11.0 Å². The summed E-state index contributed by atoms with van der Waals surface area (Å²) in [6, 6.07) is 7.54. The summed E-state index contributed by atoms with van der Waals surface area (Å²) in [6.45, 7) is 4.30. The standard InChI is InChI=1S/C43H46N4O9/c1-4-23(2)41(53)55-32-19-30-38(52)35-31(51)18-29(21-48)54-40(35)36-37(25-12-14-46-34(45)16-25)43(22-49,27-7-5-9-28(50)17-27)13-6-8-26(42(32,3)56-39(30)36)15-24-10-11-33(44)47-20-24/h4-5,7,9-12,16-18,20,26,32-33,37,46-50,52H,8,14-15,19,21-22,44-45H2,1-3H3. The molecule has 1 aromatic heterocycles. The fourth-order valence-electron chi connectivity index (χ4n) is 8.19. The molecule has 4 aliphatic rings. The molecular weight excluding hydrogens is 716 g/mol. The zero-order chi connectivity index (χ0) is 39.9. The Morgan fingerprint density at radius 1 is 1.21 bits per heavy atom. The number of phenols is 2. The lowest BCUT2D eigenvalue weighted by molar-refractivity contribution is -0.164. The van der Waals surface area contributed by atoms with Crippen LogP contribution in [0.5, 0.6) is 17.2 Å². The second-order valence-corrected chi connectivity index (χ2v) is 14.8. The van der Waals surface area contributed by atoms with Crippen LogP contribution in [0, 0.1) is 17.8 Å². The van der Waals surface area contributed by atoms with Crippen molar-refractivity contribution >= 4 is 16.9 Å². The van der Waals surface area contributed by atoms with Crippen LogP contribution >= 0.6 is 0 Å². The molecule has 0 fully saturated rings. The second-order valence-electron chi connectivity index (χ2n) is 14.8. The molecule has 10 N–H and O–H groups in total. The number of dihydropyridines is 2. The van der Waals surface area contributed by atoms with E-state index in [9.17, 15) is 30.0 Å². The Bertz CT molecular complexity index is 2380. The van der Waals surface area contributed by atoms with Gasteiger partial charge in [0.1, 0.15) is 52.3 Å². The topological polar surface area (TPSA) is 223 Å². The van der Waals surface area contributed by atoms with Crippen LogP contribution < -0.4 is 32.3 Å². The highest BCUT2D eigenvalue weighted by Gasteiger charge is 2.54. The van der Waals surface area contributed by atoms with Crippen molar-refractivity contribution in [3.05, 3.63) is 122 Å². The van der Waals surface area contributed by atoms with Crippen LogP contribution in [0.1, 0.15) is 62.0 Å². The number of nitrogens with one attached hydrogen (secondary N) is 2. The number of ether oxygens (including phenoxy) is 2. The number of carbonyl (C=O) groups excluding carboxylic acids is 1. The molecule has 2 aromatic carbocycles. The van der Waals surface area contributed by atoms with Crippen LogP contribution in [0.15, 0.2) is 98.7 Å². The van der Waals surface area contributed by atoms with Gasteiger partial charge in [-0.05, 0) is 68.2 Å². The highest BCUT2D eigenvalue weighted by atomic mass is 16.6. The molecule has 2 bridgehead atoms. The van der Waals surface area contributed by atoms with Gasteiger partial charge >= 0.3 is 5.97 Å². The van der Waals surface area contributed by atoms with Gasteiger partial charge in [0.05, 0.1) is 24.0 Å². The van der Waals surface area contributed by atoms with Crippen LogP contribution in [-0.4, -0.2) is 57.4 Å². The predicted molar refractivity (Wildman–Crippen MR) is 209 cm³/mol. The summed E-state index contributed by atoms with van der Waals surface area (Å²) < 4.78 is 19.9. The first-order chi connectivity index (χ1) is 26.8. The number of aliphatic hydroxyl groups is 2. The Balaban J connectivity index is 1.63. The fraction of sp³-hybridized carbons (Fsp3) is 0.349. The van der Waals surface area contributed by atoms with Gasteiger partial charge in [0.15, 0.2) is 5.43 Å². The summed E-state index contributed by atoms with van der Waals surface area (Å²) in [5.41, 5.74) is 11.5. The smallest absolute Gasteiger partial charge is 0.333 e. The van der Waals surface area contributed by atoms with Crippen LogP contribution in [0.2, 0.25) is 0 Å². The van der Waals surface area contributed by atoms with Crippen molar-refractivity contribution in [2.24, 2.45) is 17.4 Å². The van der Waals surface area contributed by atoms with Gasteiger partial charge in [-0.2, -0.15) is 0 Å². The van der Waals surface area contributed by atoms with E-state index in [0.717, 1.165) is 11.6 Å². The number of hydrogen-bond acceptors (Lipinski definition) is 13. The average molecular weight is 763 g/mol. The molecule has 0 amide bonds. The molecule has 0 radical (unpaired) electrons.